The number of nitrogens with one attached hydrogen (secondary N) is 1. The molecule has 0 aliphatic carbocycles. The number of rotatable bonds is 2. The Morgan fingerprint density at radius 2 is 2.20 bits per heavy atom. The van der Waals surface area contributed by atoms with E-state index in [4.69, 9.17) is 17.3 Å². The van der Waals surface area contributed by atoms with Crippen LogP contribution in [0.2, 0.25) is 5.02 Å². The highest BCUT2D eigenvalue weighted by molar-refractivity contribution is 14.1. The van der Waals surface area contributed by atoms with Crippen LogP contribution in [0.3, 0.4) is 0 Å². The van der Waals surface area contributed by atoms with Gasteiger partial charge in [-0.3, -0.25) is 4.99 Å². The molecule has 15 heavy (non-hydrogen) atoms. The molecule has 0 fully saturated rings. The molecule has 1 aromatic carbocycles. The monoisotopic (exact) mass is 337 g/mol. The quantitative estimate of drug-likeness (QED) is 0.495. The second-order valence-electron chi connectivity index (χ2n) is 3.36. The van der Waals surface area contributed by atoms with Crippen LogP contribution in [0.15, 0.2) is 23.2 Å². The number of hydrogen-bond acceptors (Lipinski definition) is 1. The third kappa shape index (κ3) is 4.25. The number of halogens is 2. The third-order valence-electron chi connectivity index (χ3n) is 1.59. The average Bonchev–Trinajstić information content (AvgIpc) is 2.08. The summed E-state index contributed by atoms with van der Waals surface area (Å²) in [5.74, 6) is 0.422. The number of hydrogen-bond donors (Lipinski definition) is 2. The Balaban J connectivity index is 2.81. The van der Waals surface area contributed by atoms with Crippen molar-refractivity contribution in [1.82, 2.24) is 0 Å². The molecule has 0 bridgehead atoms. The van der Waals surface area contributed by atoms with Crippen molar-refractivity contribution in [3.63, 3.8) is 0 Å². The summed E-state index contributed by atoms with van der Waals surface area (Å²) in [5, 5.41) is 3.74. The Morgan fingerprint density at radius 1 is 1.53 bits per heavy atom. The molecule has 0 spiro atoms. The lowest BCUT2D eigenvalue weighted by Crippen LogP contribution is -2.24. The number of nitrogens with two attached hydrogens (primary N) is 1. The molecular weight excluding hydrogens is 324 g/mol. The second kappa shape index (κ2) is 5.55. The first-order chi connectivity index (χ1) is 6.99. The first-order valence-electron chi connectivity index (χ1n) is 4.54. The molecule has 0 saturated carbocycles. The summed E-state index contributed by atoms with van der Waals surface area (Å²) in [6.07, 6.45) is 0. The normalized spacial score (nSPS) is 11.9. The summed E-state index contributed by atoms with van der Waals surface area (Å²) in [6, 6.07) is 5.75. The maximum atomic E-state index is 5.84. The summed E-state index contributed by atoms with van der Waals surface area (Å²) < 4.78 is 1.02. The van der Waals surface area contributed by atoms with E-state index in [0.29, 0.717) is 11.0 Å². The van der Waals surface area contributed by atoms with Gasteiger partial charge in [0.05, 0.1) is 5.69 Å². The van der Waals surface area contributed by atoms with Gasteiger partial charge >= 0.3 is 0 Å². The summed E-state index contributed by atoms with van der Waals surface area (Å²) in [4.78, 5) is 4.18. The molecule has 5 heteroatoms. The fraction of sp³-hybridized carbons (Fsp3) is 0.300. The van der Waals surface area contributed by atoms with Gasteiger partial charge < -0.3 is 11.1 Å². The SMILES string of the molecule is CC(C)N=C(N)Nc1ccc(Cl)cc1I. The number of nitrogens with zero attached hydrogens (tertiary/aromatic N) is 1. The van der Waals surface area contributed by atoms with Gasteiger partial charge in [0.25, 0.3) is 0 Å². The van der Waals surface area contributed by atoms with E-state index < -0.39 is 0 Å². The van der Waals surface area contributed by atoms with Crippen molar-refractivity contribution in [2.75, 3.05) is 5.32 Å². The molecule has 0 heterocycles. The standard InChI is InChI=1S/C10H13ClIN3/c1-6(2)14-10(13)15-9-4-3-7(11)5-8(9)12/h3-6H,1-2H3,(H3,13,14,15). The molecule has 0 radical (unpaired) electrons. The van der Waals surface area contributed by atoms with Crippen LogP contribution in [-0.2, 0) is 0 Å². The molecular formula is C10H13ClIN3. The predicted molar refractivity (Wildman–Crippen MR) is 74.6 cm³/mol. The van der Waals surface area contributed by atoms with Gasteiger partial charge in [0.15, 0.2) is 5.96 Å². The lowest BCUT2D eigenvalue weighted by atomic mass is 10.3. The average molecular weight is 338 g/mol. The first kappa shape index (κ1) is 12.6. The second-order valence-corrected chi connectivity index (χ2v) is 4.96. The highest BCUT2D eigenvalue weighted by atomic mass is 127. The molecule has 1 aromatic rings. The number of anilines is 1. The van der Waals surface area contributed by atoms with E-state index in [1.54, 1.807) is 0 Å². The summed E-state index contributed by atoms with van der Waals surface area (Å²) in [7, 11) is 0. The Bertz CT molecular complexity index is 377. The van der Waals surface area contributed by atoms with E-state index in [2.05, 4.69) is 32.9 Å². The zero-order valence-electron chi connectivity index (χ0n) is 8.59. The van der Waals surface area contributed by atoms with Crippen molar-refractivity contribution in [1.29, 1.82) is 0 Å². The number of guanidine groups is 1. The fourth-order valence-electron chi connectivity index (χ4n) is 1.04. The Labute approximate surface area is 108 Å². The summed E-state index contributed by atoms with van der Waals surface area (Å²) >= 11 is 8.04. The maximum Gasteiger partial charge on any atom is 0.193 e. The lowest BCUT2D eigenvalue weighted by Gasteiger charge is -2.08. The molecule has 0 aliphatic heterocycles. The predicted octanol–water partition coefficient (Wildman–Crippen LogP) is 3.08. The molecule has 0 aromatic heterocycles. The van der Waals surface area contributed by atoms with Crippen molar-refractivity contribution >= 4 is 45.8 Å². The van der Waals surface area contributed by atoms with Crippen molar-refractivity contribution in [2.24, 2.45) is 10.7 Å². The first-order valence-corrected chi connectivity index (χ1v) is 6.00. The zero-order chi connectivity index (χ0) is 11.4. The van der Waals surface area contributed by atoms with Crippen molar-refractivity contribution in [3.8, 4) is 0 Å². The van der Waals surface area contributed by atoms with Crippen LogP contribution < -0.4 is 11.1 Å². The van der Waals surface area contributed by atoms with Crippen LogP contribution >= 0.6 is 34.2 Å². The fourth-order valence-corrected chi connectivity index (χ4v) is 2.05. The van der Waals surface area contributed by atoms with E-state index in [1.807, 2.05) is 32.0 Å². The topological polar surface area (TPSA) is 50.4 Å². The minimum absolute atomic E-state index is 0.183. The van der Waals surface area contributed by atoms with Crippen molar-refractivity contribution in [3.05, 3.63) is 26.8 Å². The van der Waals surface area contributed by atoms with Crippen LogP contribution in [0, 0.1) is 3.57 Å². The Hall–Kier alpha value is -0.490. The number of benzene rings is 1. The molecule has 0 saturated heterocycles. The van der Waals surface area contributed by atoms with Gasteiger partial charge in [-0.25, -0.2) is 0 Å². The molecule has 3 nitrogen and oxygen atoms in total. The van der Waals surface area contributed by atoms with Gasteiger partial charge in [0.2, 0.25) is 0 Å². The molecule has 1 rings (SSSR count). The maximum absolute atomic E-state index is 5.84. The zero-order valence-corrected chi connectivity index (χ0v) is 11.5. The van der Waals surface area contributed by atoms with Crippen LogP contribution in [0.1, 0.15) is 13.8 Å². The Kier molecular flexibility index (Phi) is 4.66. The minimum Gasteiger partial charge on any atom is -0.370 e. The van der Waals surface area contributed by atoms with E-state index in [0.717, 1.165) is 9.26 Å². The summed E-state index contributed by atoms with van der Waals surface area (Å²) in [5.41, 5.74) is 6.63. The third-order valence-corrected chi connectivity index (χ3v) is 2.72. The van der Waals surface area contributed by atoms with Gasteiger partial charge in [-0.15, -0.1) is 0 Å². The van der Waals surface area contributed by atoms with Gasteiger partial charge in [-0.05, 0) is 54.6 Å². The largest absolute Gasteiger partial charge is 0.370 e. The Morgan fingerprint density at radius 3 is 2.73 bits per heavy atom. The van der Waals surface area contributed by atoms with E-state index in [1.165, 1.54) is 0 Å². The van der Waals surface area contributed by atoms with E-state index >= 15 is 0 Å². The van der Waals surface area contributed by atoms with Gasteiger partial charge in [-0.1, -0.05) is 11.6 Å². The van der Waals surface area contributed by atoms with E-state index in [-0.39, 0.29) is 6.04 Å². The summed E-state index contributed by atoms with van der Waals surface area (Å²) in [6.45, 7) is 3.95. The molecule has 3 N–H and O–H groups in total. The lowest BCUT2D eigenvalue weighted by molar-refractivity contribution is 0.833. The molecule has 0 amide bonds. The van der Waals surface area contributed by atoms with Gasteiger partial charge in [0.1, 0.15) is 0 Å². The van der Waals surface area contributed by atoms with Gasteiger partial charge in [-0.2, -0.15) is 0 Å². The van der Waals surface area contributed by atoms with Crippen LogP contribution in [0.5, 0.6) is 0 Å². The molecule has 0 atom stereocenters. The molecule has 82 valence electrons. The van der Waals surface area contributed by atoms with Crippen molar-refractivity contribution < 1.29 is 0 Å². The molecule has 0 unspecified atom stereocenters. The van der Waals surface area contributed by atoms with Gasteiger partial charge in [0, 0.05) is 14.6 Å². The van der Waals surface area contributed by atoms with E-state index in [9.17, 15) is 0 Å². The minimum atomic E-state index is 0.183. The van der Waals surface area contributed by atoms with Crippen LogP contribution in [0.4, 0.5) is 5.69 Å². The van der Waals surface area contributed by atoms with Crippen molar-refractivity contribution in [2.45, 2.75) is 19.9 Å². The van der Waals surface area contributed by atoms with Crippen LogP contribution in [0.25, 0.3) is 0 Å². The molecule has 0 aliphatic rings. The van der Waals surface area contributed by atoms with Crippen LogP contribution in [-0.4, -0.2) is 12.0 Å². The highest BCUT2D eigenvalue weighted by Gasteiger charge is 2.01. The smallest absolute Gasteiger partial charge is 0.193 e. The highest BCUT2D eigenvalue weighted by Crippen LogP contribution is 2.21. The number of aliphatic imine (C=N–C) groups is 1.